The SMILES string of the molecule is Cc1ccc(C(C)C)c(OCCCn2c(CNC(=O)c3ccc(F)cc3)nc3ccccc32)c1. The molecular weight excluding hydrogens is 429 g/mol. The van der Waals surface area contributed by atoms with Crippen LogP contribution in [0.4, 0.5) is 4.39 Å². The van der Waals surface area contributed by atoms with Crippen molar-refractivity contribution in [3.63, 3.8) is 0 Å². The molecule has 5 nitrogen and oxygen atoms in total. The van der Waals surface area contributed by atoms with E-state index < -0.39 is 0 Å². The first-order chi connectivity index (χ1) is 16.4. The number of ether oxygens (including phenoxy) is 1. The van der Waals surface area contributed by atoms with Gasteiger partial charge in [0.1, 0.15) is 17.4 Å². The van der Waals surface area contributed by atoms with Crippen molar-refractivity contribution in [2.75, 3.05) is 6.61 Å². The molecule has 0 atom stereocenters. The second-order valence-corrected chi connectivity index (χ2v) is 8.76. The van der Waals surface area contributed by atoms with Crippen molar-refractivity contribution in [2.24, 2.45) is 0 Å². The van der Waals surface area contributed by atoms with Gasteiger partial charge in [0, 0.05) is 12.1 Å². The first kappa shape index (κ1) is 23.5. The number of hydrogen-bond acceptors (Lipinski definition) is 3. The van der Waals surface area contributed by atoms with E-state index in [1.165, 1.54) is 35.4 Å². The molecule has 4 aromatic rings. The Kier molecular flexibility index (Phi) is 7.26. The predicted octanol–water partition coefficient (Wildman–Crippen LogP) is 6.01. The number of amides is 1. The van der Waals surface area contributed by atoms with Gasteiger partial charge in [0.2, 0.25) is 0 Å². The molecule has 176 valence electrons. The summed E-state index contributed by atoms with van der Waals surface area (Å²) in [6.07, 6.45) is 0.796. The van der Waals surface area contributed by atoms with Gasteiger partial charge < -0.3 is 14.6 Å². The van der Waals surface area contributed by atoms with E-state index in [9.17, 15) is 9.18 Å². The second kappa shape index (κ2) is 10.5. The van der Waals surface area contributed by atoms with Crippen molar-refractivity contribution in [1.82, 2.24) is 14.9 Å². The van der Waals surface area contributed by atoms with E-state index in [-0.39, 0.29) is 18.3 Å². The molecule has 0 aliphatic carbocycles. The normalized spacial score (nSPS) is 11.2. The molecule has 34 heavy (non-hydrogen) atoms. The van der Waals surface area contributed by atoms with Crippen LogP contribution in [0.3, 0.4) is 0 Å². The highest BCUT2D eigenvalue weighted by Gasteiger charge is 2.13. The zero-order valence-corrected chi connectivity index (χ0v) is 19.8. The Hall–Kier alpha value is -3.67. The third kappa shape index (κ3) is 5.45. The summed E-state index contributed by atoms with van der Waals surface area (Å²) in [5.74, 6) is 1.48. The van der Waals surface area contributed by atoms with Gasteiger partial charge in [-0.25, -0.2) is 9.37 Å². The van der Waals surface area contributed by atoms with Gasteiger partial charge in [-0.2, -0.15) is 0 Å². The quantitative estimate of drug-likeness (QED) is 0.312. The van der Waals surface area contributed by atoms with Crippen LogP contribution in [0.5, 0.6) is 5.75 Å². The van der Waals surface area contributed by atoms with Crippen LogP contribution in [0.25, 0.3) is 11.0 Å². The highest BCUT2D eigenvalue weighted by molar-refractivity contribution is 5.94. The summed E-state index contributed by atoms with van der Waals surface area (Å²) in [5, 5.41) is 2.90. The lowest BCUT2D eigenvalue weighted by Crippen LogP contribution is -2.25. The van der Waals surface area contributed by atoms with E-state index in [1.807, 2.05) is 24.3 Å². The molecule has 0 saturated heterocycles. The minimum Gasteiger partial charge on any atom is -0.493 e. The van der Waals surface area contributed by atoms with Crippen LogP contribution < -0.4 is 10.1 Å². The summed E-state index contributed by atoms with van der Waals surface area (Å²) in [7, 11) is 0. The Balaban J connectivity index is 1.44. The lowest BCUT2D eigenvalue weighted by atomic mass is 10.0. The van der Waals surface area contributed by atoms with Gasteiger partial charge in [-0.05, 0) is 72.9 Å². The van der Waals surface area contributed by atoms with Gasteiger partial charge in [0.05, 0.1) is 24.2 Å². The van der Waals surface area contributed by atoms with E-state index in [2.05, 4.69) is 48.9 Å². The van der Waals surface area contributed by atoms with Crippen LogP contribution in [0, 0.1) is 12.7 Å². The zero-order chi connectivity index (χ0) is 24.1. The predicted molar refractivity (Wildman–Crippen MR) is 133 cm³/mol. The van der Waals surface area contributed by atoms with Gasteiger partial charge in [-0.15, -0.1) is 0 Å². The van der Waals surface area contributed by atoms with E-state index >= 15 is 0 Å². The molecule has 0 spiro atoms. The maximum absolute atomic E-state index is 13.2. The number of para-hydroxylation sites is 2. The Morgan fingerprint density at radius 2 is 1.85 bits per heavy atom. The summed E-state index contributed by atoms with van der Waals surface area (Å²) in [6, 6.07) is 19.8. The number of nitrogens with one attached hydrogen (secondary N) is 1. The third-order valence-corrected chi connectivity index (χ3v) is 5.82. The molecular formula is C28H30FN3O2. The summed E-state index contributed by atoms with van der Waals surface area (Å²) in [6.45, 7) is 7.98. The molecule has 0 saturated carbocycles. The van der Waals surface area contributed by atoms with Gasteiger partial charge in [0.25, 0.3) is 5.91 Å². The van der Waals surface area contributed by atoms with Crippen LogP contribution in [0.15, 0.2) is 66.7 Å². The van der Waals surface area contributed by atoms with Crippen molar-refractivity contribution >= 4 is 16.9 Å². The lowest BCUT2D eigenvalue weighted by Gasteiger charge is -2.15. The number of imidazole rings is 1. The number of aryl methyl sites for hydroxylation is 2. The number of benzene rings is 3. The van der Waals surface area contributed by atoms with Gasteiger partial charge >= 0.3 is 0 Å². The topological polar surface area (TPSA) is 56.1 Å². The fourth-order valence-corrected chi connectivity index (χ4v) is 4.02. The molecule has 0 bridgehead atoms. The zero-order valence-electron chi connectivity index (χ0n) is 19.8. The number of fused-ring (bicyclic) bond motifs is 1. The number of halogens is 1. The maximum atomic E-state index is 13.2. The molecule has 1 aromatic heterocycles. The fraction of sp³-hybridized carbons (Fsp3) is 0.286. The van der Waals surface area contributed by atoms with E-state index in [0.717, 1.165) is 29.0 Å². The van der Waals surface area contributed by atoms with Crippen molar-refractivity contribution in [3.05, 3.63) is 95.1 Å². The van der Waals surface area contributed by atoms with Gasteiger partial charge in [-0.3, -0.25) is 4.79 Å². The maximum Gasteiger partial charge on any atom is 0.251 e. The monoisotopic (exact) mass is 459 g/mol. The summed E-state index contributed by atoms with van der Waals surface area (Å²) >= 11 is 0. The van der Waals surface area contributed by atoms with Crippen molar-refractivity contribution < 1.29 is 13.9 Å². The van der Waals surface area contributed by atoms with Crippen molar-refractivity contribution in [2.45, 2.75) is 46.2 Å². The standard InChI is InChI=1S/C28H30FN3O2/c1-19(2)23-14-9-20(3)17-26(23)34-16-6-15-32-25-8-5-4-7-24(25)31-27(32)18-30-28(33)21-10-12-22(29)13-11-21/h4-5,7-14,17,19H,6,15-16,18H2,1-3H3,(H,30,33). The third-order valence-electron chi connectivity index (χ3n) is 5.82. The molecule has 3 aromatic carbocycles. The van der Waals surface area contributed by atoms with Crippen LogP contribution >= 0.6 is 0 Å². The van der Waals surface area contributed by atoms with Crippen molar-refractivity contribution in [1.29, 1.82) is 0 Å². The van der Waals surface area contributed by atoms with Crippen LogP contribution in [0.1, 0.15) is 53.5 Å². The molecule has 0 unspecified atom stereocenters. The number of carbonyl (C=O) groups is 1. The van der Waals surface area contributed by atoms with Gasteiger partial charge in [-0.1, -0.05) is 38.1 Å². The van der Waals surface area contributed by atoms with E-state index in [4.69, 9.17) is 9.72 Å². The number of aromatic nitrogens is 2. The number of rotatable bonds is 9. The average molecular weight is 460 g/mol. The van der Waals surface area contributed by atoms with Crippen LogP contribution in [0.2, 0.25) is 0 Å². The van der Waals surface area contributed by atoms with E-state index in [1.54, 1.807) is 0 Å². The Morgan fingerprint density at radius 3 is 2.62 bits per heavy atom. The molecule has 1 heterocycles. The largest absolute Gasteiger partial charge is 0.493 e. The molecule has 0 fully saturated rings. The Labute approximate surface area is 199 Å². The summed E-state index contributed by atoms with van der Waals surface area (Å²) < 4.78 is 21.4. The van der Waals surface area contributed by atoms with Crippen LogP contribution in [-0.2, 0) is 13.1 Å². The minimum atomic E-state index is -0.369. The molecule has 0 aliphatic rings. The summed E-state index contributed by atoms with van der Waals surface area (Å²) in [5.41, 5.74) is 4.71. The summed E-state index contributed by atoms with van der Waals surface area (Å²) in [4.78, 5) is 17.2. The van der Waals surface area contributed by atoms with Crippen molar-refractivity contribution in [3.8, 4) is 5.75 Å². The molecule has 1 amide bonds. The Bertz CT molecular complexity index is 1280. The molecule has 1 N–H and O–H groups in total. The first-order valence-corrected chi connectivity index (χ1v) is 11.6. The van der Waals surface area contributed by atoms with Gasteiger partial charge in [0.15, 0.2) is 0 Å². The molecule has 4 rings (SSSR count). The average Bonchev–Trinajstić information content (AvgIpc) is 3.18. The highest BCUT2D eigenvalue weighted by Crippen LogP contribution is 2.27. The fourth-order valence-electron chi connectivity index (χ4n) is 4.02. The molecule has 0 radical (unpaired) electrons. The number of nitrogens with zero attached hydrogens (tertiary/aromatic N) is 2. The minimum absolute atomic E-state index is 0.261. The first-order valence-electron chi connectivity index (χ1n) is 11.6. The second-order valence-electron chi connectivity index (χ2n) is 8.76. The highest BCUT2D eigenvalue weighted by atomic mass is 19.1. The number of hydrogen-bond donors (Lipinski definition) is 1. The number of carbonyl (C=O) groups excluding carboxylic acids is 1. The smallest absolute Gasteiger partial charge is 0.251 e. The Morgan fingerprint density at radius 1 is 1.09 bits per heavy atom. The van der Waals surface area contributed by atoms with E-state index in [0.29, 0.717) is 24.6 Å². The molecule has 6 heteroatoms. The molecule has 0 aliphatic heterocycles. The van der Waals surface area contributed by atoms with Crippen LogP contribution in [-0.4, -0.2) is 22.1 Å². The lowest BCUT2D eigenvalue weighted by molar-refractivity contribution is 0.0949.